The van der Waals surface area contributed by atoms with E-state index in [2.05, 4.69) is 0 Å². The number of rotatable bonds is 0. The van der Waals surface area contributed by atoms with Gasteiger partial charge in [-0.1, -0.05) is 18.2 Å². The first-order chi connectivity index (χ1) is 10.0. The van der Waals surface area contributed by atoms with E-state index < -0.39 is 17.8 Å². The molecular weight excluding hydrogens is 271 g/mol. The molecule has 5 heteroatoms. The lowest BCUT2D eigenvalue weighted by Gasteiger charge is -2.23. The first-order valence-electron chi connectivity index (χ1n) is 6.48. The molecule has 0 spiro atoms. The van der Waals surface area contributed by atoms with Crippen LogP contribution in [0.25, 0.3) is 11.1 Å². The van der Waals surface area contributed by atoms with Crippen LogP contribution in [0.2, 0.25) is 0 Å². The van der Waals surface area contributed by atoms with Gasteiger partial charge in [0, 0.05) is 25.1 Å². The van der Waals surface area contributed by atoms with E-state index in [9.17, 15) is 14.0 Å². The second-order valence-electron chi connectivity index (χ2n) is 4.87. The van der Waals surface area contributed by atoms with E-state index in [-0.39, 0.29) is 5.69 Å². The summed E-state index contributed by atoms with van der Waals surface area (Å²) in [7, 11) is 1.60. The van der Waals surface area contributed by atoms with Gasteiger partial charge in [-0.25, -0.2) is 14.1 Å². The van der Waals surface area contributed by atoms with Crippen LogP contribution < -0.4 is 9.80 Å². The van der Waals surface area contributed by atoms with Crippen LogP contribution in [0.4, 0.5) is 20.6 Å². The van der Waals surface area contributed by atoms with Crippen LogP contribution in [0.1, 0.15) is 6.92 Å². The predicted molar refractivity (Wildman–Crippen MR) is 78.8 cm³/mol. The number of urea groups is 1. The topological polar surface area (TPSA) is 40.6 Å². The van der Waals surface area contributed by atoms with Crippen LogP contribution in [0.3, 0.4) is 0 Å². The van der Waals surface area contributed by atoms with E-state index in [1.54, 1.807) is 19.2 Å². The summed E-state index contributed by atoms with van der Waals surface area (Å²) >= 11 is 0. The second-order valence-corrected chi connectivity index (χ2v) is 4.87. The van der Waals surface area contributed by atoms with Crippen LogP contribution in [-0.4, -0.2) is 19.0 Å². The highest BCUT2D eigenvalue weighted by Gasteiger charge is 2.32. The maximum atomic E-state index is 13.6. The van der Waals surface area contributed by atoms with Crippen molar-refractivity contribution in [3.05, 3.63) is 48.3 Å². The summed E-state index contributed by atoms with van der Waals surface area (Å²) in [5.74, 6) is -0.943. The molecule has 2 aromatic carbocycles. The van der Waals surface area contributed by atoms with Gasteiger partial charge in [0.1, 0.15) is 5.82 Å². The van der Waals surface area contributed by atoms with Crippen LogP contribution in [0, 0.1) is 5.82 Å². The minimum absolute atomic E-state index is 0.268. The molecule has 106 valence electrons. The van der Waals surface area contributed by atoms with Crippen molar-refractivity contribution in [2.24, 2.45) is 0 Å². The van der Waals surface area contributed by atoms with Gasteiger partial charge in [-0.05, 0) is 24.3 Å². The molecule has 0 saturated carbocycles. The van der Waals surface area contributed by atoms with Gasteiger partial charge in [-0.15, -0.1) is 0 Å². The van der Waals surface area contributed by atoms with Crippen molar-refractivity contribution in [3.8, 4) is 11.1 Å². The van der Waals surface area contributed by atoms with Crippen molar-refractivity contribution < 1.29 is 14.0 Å². The van der Waals surface area contributed by atoms with E-state index in [4.69, 9.17) is 0 Å². The molecule has 0 atom stereocenters. The Labute approximate surface area is 121 Å². The molecule has 2 aromatic rings. The highest BCUT2D eigenvalue weighted by atomic mass is 19.1. The van der Waals surface area contributed by atoms with Crippen molar-refractivity contribution in [1.82, 2.24) is 0 Å². The molecule has 1 aliphatic heterocycles. The molecule has 0 aliphatic carbocycles. The number of para-hydroxylation sites is 1. The van der Waals surface area contributed by atoms with Crippen LogP contribution in [-0.2, 0) is 4.79 Å². The third kappa shape index (κ3) is 1.98. The number of halogens is 1. The highest BCUT2D eigenvalue weighted by Crippen LogP contribution is 2.40. The number of carbonyl (C=O) groups excluding carboxylic acids is 2. The maximum absolute atomic E-state index is 13.6. The standard InChI is InChI=1S/C16H13FN2O2/c1-10(20)19-15-9-11(17)7-8-13(15)12-5-3-4-6-14(12)18(2)16(19)21/h3-9H,1-2H3. The molecule has 0 bridgehead atoms. The number of amides is 3. The molecule has 1 heterocycles. The molecule has 0 saturated heterocycles. The third-order valence-electron chi connectivity index (χ3n) is 3.55. The predicted octanol–water partition coefficient (Wildman–Crippen LogP) is 3.42. The first-order valence-corrected chi connectivity index (χ1v) is 6.48. The van der Waals surface area contributed by atoms with Crippen LogP contribution in [0.5, 0.6) is 0 Å². The number of anilines is 2. The zero-order valence-electron chi connectivity index (χ0n) is 11.6. The molecule has 0 fully saturated rings. The average Bonchev–Trinajstić information content (AvgIpc) is 2.54. The van der Waals surface area contributed by atoms with Gasteiger partial charge in [-0.3, -0.25) is 9.69 Å². The third-order valence-corrected chi connectivity index (χ3v) is 3.55. The first kappa shape index (κ1) is 13.3. The minimum atomic E-state index is -0.501. The Morgan fingerprint density at radius 3 is 2.43 bits per heavy atom. The number of hydrogen-bond acceptors (Lipinski definition) is 2. The Morgan fingerprint density at radius 1 is 1.05 bits per heavy atom. The summed E-state index contributed by atoms with van der Waals surface area (Å²) < 4.78 is 13.6. The van der Waals surface area contributed by atoms with E-state index in [1.807, 2.05) is 18.2 Å². The summed E-state index contributed by atoms with van der Waals surface area (Å²) in [4.78, 5) is 26.8. The Bertz CT molecular complexity index is 758. The number of hydrogen-bond donors (Lipinski definition) is 0. The molecule has 4 nitrogen and oxygen atoms in total. The highest BCUT2D eigenvalue weighted by molar-refractivity contribution is 6.22. The molecule has 3 rings (SSSR count). The van der Waals surface area contributed by atoms with Crippen molar-refractivity contribution in [1.29, 1.82) is 0 Å². The molecule has 21 heavy (non-hydrogen) atoms. The fourth-order valence-corrected chi connectivity index (χ4v) is 2.57. The normalized spacial score (nSPS) is 13.6. The number of nitrogens with zero attached hydrogens (tertiary/aromatic N) is 2. The molecule has 0 N–H and O–H groups in total. The summed E-state index contributed by atoms with van der Waals surface area (Å²) in [6.07, 6.45) is 0. The van der Waals surface area contributed by atoms with Crippen LogP contribution in [0.15, 0.2) is 42.5 Å². The zero-order valence-corrected chi connectivity index (χ0v) is 11.6. The van der Waals surface area contributed by atoms with Gasteiger partial charge in [0.05, 0.1) is 11.4 Å². The average molecular weight is 284 g/mol. The van der Waals surface area contributed by atoms with Gasteiger partial charge in [-0.2, -0.15) is 0 Å². The summed E-state index contributed by atoms with van der Waals surface area (Å²) in [6.45, 7) is 1.29. The van der Waals surface area contributed by atoms with Crippen LogP contribution >= 0.6 is 0 Å². The van der Waals surface area contributed by atoms with E-state index in [1.165, 1.54) is 24.0 Å². The smallest absolute Gasteiger partial charge is 0.296 e. The molecule has 3 amide bonds. The van der Waals surface area contributed by atoms with Crippen molar-refractivity contribution in [3.63, 3.8) is 0 Å². The van der Waals surface area contributed by atoms with E-state index in [0.29, 0.717) is 11.3 Å². The Hall–Kier alpha value is -2.69. The van der Waals surface area contributed by atoms with Crippen molar-refractivity contribution in [2.45, 2.75) is 6.92 Å². The Balaban J connectivity index is 2.38. The fraction of sp³-hybridized carbons (Fsp3) is 0.125. The molecule has 0 radical (unpaired) electrons. The van der Waals surface area contributed by atoms with E-state index in [0.717, 1.165) is 10.5 Å². The summed E-state index contributed by atoms with van der Waals surface area (Å²) in [5, 5.41) is 0. The number of benzene rings is 2. The van der Waals surface area contributed by atoms with Gasteiger partial charge in [0.15, 0.2) is 0 Å². The number of carbonyl (C=O) groups is 2. The monoisotopic (exact) mass is 284 g/mol. The molecule has 1 aliphatic rings. The lowest BCUT2D eigenvalue weighted by Crippen LogP contribution is -2.43. The van der Waals surface area contributed by atoms with Gasteiger partial charge in [0.2, 0.25) is 5.91 Å². The van der Waals surface area contributed by atoms with Gasteiger partial charge >= 0.3 is 6.03 Å². The number of fused-ring (bicyclic) bond motifs is 3. The molecule has 0 aromatic heterocycles. The van der Waals surface area contributed by atoms with Crippen molar-refractivity contribution in [2.75, 3.05) is 16.8 Å². The Morgan fingerprint density at radius 2 is 1.71 bits per heavy atom. The zero-order chi connectivity index (χ0) is 15.1. The lowest BCUT2D eigenvalue weighted by molar-refractivity contribution is -0.115. The fourth-order valence-electron chi connectivity index (χ4n) is 2.57. The minimum Gasteiger partial charge on any atom is -0.296 e. The Kier molecular flexibility index (Phi) is 2.97. The maximum Gasteiger partial charge on any atom is 0.335 e. The van der Waals surface area contributed by atoms with Gasteiger partial charge < -0.3 is 0 Å². The summed E-state index contributed by atoms with van der Waals surface area (Å²) in [6, 6.07) is 10.9. The molecular formula is C16H13FN2O2. The largest absolute Gasteiger partial charge is 0.335 e. The SMILES string of the molecule is CC(=O)N1C(=O)N(C)c2ccccc2-c2ccc(F)cc21. The second kappa shape index (κ2) is 4.70. The van der Waals surface area contributed by atoms with E-state index >= 15 is 0 Å². The quantitative estimate of drug-likeness (QED) is 0.743. The number of imide groups is 1. The lowest BCUT2D eigenvalue weighted by atomic mass is 10.0. The molecule has 0 unspecified atom stereocenters. The van der Waals surface area contributed by atoms with Gasteiger partial charge in [0.25, 0.3) is 0 Å². The van der Waals surface area contributed by atoms with Crippen molar-refractivity contribution >= 4 is 23.3 Å². The summed E-state index contributed by atoms with van der Waals surface area (Å²) in [5.41, 5.74) is 2.38.